The van der Waals surface area contributed by atoms with Crippen LogP contribution in [0.25, 0.3) is 6.08 Å². The molecule has 0 fully saturated rings. The minimum absolute atomic E-state index is 0.602. The van der Waals surface area contributed by atoms with Crippen LogP contribution >= 0.6 is 11.6 Å². The summed E-state index contributed by atoms with van der Waals surface area (Å²) >= 11 is 5.78. The van der Waals surface area contributed by atoms with Crippen molar-refractivity contribution in [3.8, 4) is 0 Å². The zero-order valence-electron chi connectivity index (χ0n) is 8.34. The molecule has 0 aliphatic heterocycles. The molecule has 0 atom stereocenters. The van der Waals surface area contributed by atoms with Gasteiger partial charge in [-0.15, -0.1) is 11.6 Å². The second-order valence-corrected chi connectivity index (χ2v) is 3.37. The van der Waals surface area contributed by atoms with E-state index in [0.717, 1.165) is 6.42 Å². The highest BCUT2D eigenvalue weighted by Crippen LogP contribution is 2.13. The van der Waals surface area contributed by atoms with Crippen LogP contribution in [0.1, 0.15) is 24.6 Å². The maximum Gasteiger partial charge on any atom is 0.0564 e. The van der Waals surface area contributed by atoms with Crippen molar-refractivity contribution in [2.75, 3.05) is 5.88 Å². The smallest absolute Gasteiger partial charge is 0.0564 e. The van der Waals surface area contributed by atoms with Crippen molar-refractivity contribution in [1.82, 2.24) is 9.78 Å². The predicted molar refractivity (Wildman–Crippen MR) is 56.9 cm³/mol. The van der Waals surface area contributed by atoms with E-state index in [2.05, 4.69) is 25.0 Å². The van der Waals surface area contributed by atoms with Crippen molar-refractivity contribution in [2.24, 2.45) is 7.05 Å². The van der Waals surface area contributed by atoms with Gasteiger partial charge in [-0.25, -0.2) is 0 Å². The van der Waals surface area contributed by atoms with Crippen LogP contribution in [0, 0.1) is 6.92 Å². The Morgan fingerprint density at radius 3 is 2.77 bits per heavy atom. The third-order valence-electron chi connectivity index (χ3n) is 2.26. The molecule has 3 heteroatoms. The Labute approximate surface area is 84.2 Å². The van der Waals surface area contributed by atoms with Crippen molar-refractivity contribution in [3.63, 3.8) is 0 Å². The molecule has 0 aliphatic rings. The Morgan fingerprint density at radius 1 is 1.69 bits per heavy atom. The van der Waals surface area contributed by atoms with Crippen LogP contribution in [-0.2, 0) is 7.05 Å². The van der Waals surface area contributed by atoms with Crippen molar-refractivity contribution in [1.29, 1.82) is 0 Å². The molecule has 2 nitrogen and oxygen atoms in total. The molecule has 1 rings (SSSR count). The molecule has 0 saturated heterocycles. The molecular weight excluding hydrogens is 184 g/mol. The van der Waals surface area contributed by atoms with E-state index in [1.165, 1.54) is 16.8 Å². The lowest BCUT2D eigenvalue weighted by Gasteiger charge is -1.98. The molecule has 0 unspecified atom stereocenters. The topological polar surface area (TPSA) is 17.8 Å². The average molecular weight is 199 g/mol. The molecule has 0 amide bonds. The highest BCUT2D eigenvalue weighted by atomic mass is 35.5. The Balaban J connectivity index is 2.95. The van der Waals surface area contributed by atoms with Gasteiger partial charge >= 0.3 is 0 Å². The second kappa shape index (κ2) is 4.47. The maximum atomic E-state index is 5.78. The Bertz CT molecular complexity index is 307. The second-order valence-electron chi connectivity index (χ2n) is 3.10. The van der Waals surface area contributed by atoms with Crippen LogP contribution in [0.2, 0.25) is 0 Å². The van der Waals surface area contributed by atoms with Gasteiger partial charge in [-0.1, -0.05) is 18.6 Å². The lowest BCUT2D eigenvalue weighted by atomic mass is 10.1. The monoisotopic (exact) mass is 198 g/mol. The zero-order chi connectivity index (χ0) is 9.84. The van der Waals surface area contributed by atoms with Gasteiger partial charge in [-0.3, -0.25) is 4.68 Å². The van der Waals surface area contributed by atoms with Crippen LogP contribution in [0.3, 0.4) is 0 Å². The summed E-state index contributed by atoms with van der Waals surface area (Å²) in [5.41, 5.74) is 3.59. The van der Waals surface area contributed by atoms with Gasteiger partial charge in [0, 0.05) is 24.2 Å². The molecule has 1 aromatic rings. The molecule has 0 saturated carbocycles. The first-order valence-electron chi connectivity index (χ1n) is 4.43. The molecule has 0 radical (unpaired) electrons. The Hall–Kier alpha value is -0.760. The molecule has 1 aromatic heterocycles. The van der Waals surface area contributed by atoms with Gasteiger partial charge in [0.2, 0.25) is 0 Å². The number of hydrogen-bond acceptors (Lipinski definition) is 1. The third kappa shape index (κ3) is 2.34. The van der Waals surface area contributed by atoms with E-state index in [0.29, 0.717) is 5.88 Å². The normalized spacial score (nSPS) is 12.2. The summed E-state index contributed by atoms with van der Waals surface area (Å²) in [4.78, 5) is 0. The van der Waals surface area contributed by atoms with Gasteiger partial charge in [-0.2, -0.15) is 5.10 Å². The van der Waals surface area contributed by atoms with Gasteiger partial charge in [-0.05, 0) is 13.3 Å². The number of allylic oxidation sites excluding steroid dienone is 1. The minimum Gasteiger partial charge on any atom is -0.272 e. The molecule has 13 heavy (non-hydrogen) atoms. The minimum atomic E-state index is 0.602. The number of aryl methyl sites for hydroxylation is 1. The average Bonchev–Trinajstić information content (AvgIpc) is 2.45. The van der Waals surface area contributed by atoms with Crippen molar-refractivity contribution in [3.05, 3.63) is 23.0 Å². The first-order valence-corrected chi connectivity index (χ1v) is 4.96. The quantitative estimate of drug-likeness (QED) is 0.683. The van der Waals surface area contributed by atoms with Gasteiger partial charge < -0.3 is 0 Å². The number of hydrogen-bond donors (Lipinski definition) is 0. The fourth-order valence-corrected chi connectivity index (χ4v) is 1.38. The number of halogens is 1. The van der Waals surface area contributed by atoms with Crippen molar-refractivity contribution < 1.29 is 0 Å². The van der Waals surface area contributed by atoms with Crippen molar-refractivity contribution >= 4 is 17.7 Å². The summed E-state index contributed by atoms with van der Waals surface area (Å²) in [5, 5.41) is 4.17. The van der Waals surface area contributed by atoms with E-state index < -0.39 is 0 Å². The molecule has 72 valence electrons. The molecule has 0 spiro atoms. The van der Waals surface area contributed by atoms with E-state index in [4.69, 9.17) is 11.6 Å². The van der Waals surface area contributed by atoms with Crippen LogP contribution in [0.4, 0.5) is 0 Å². The SMILES string of the molecule is CCC(=Cc1cnn(C)c1C)CCl. The summed E-state index contributed by atoms with van der Waals surface area (Å²) in [6.45, 7) is 4.17. The molecule has 0 bridgehead atoms. The van der Waals surface area contributed by atoms with Gasteiger partial charge in [0.15, 0.2) is 0 Å². The third-order valence-corrected chi connectivity index (χ3v) is 2.60. The van der Waals surface area contributed by atoms with E-state index in [-0.39, 0.29) is 0 Å². The first-order chi connectivity index (χ1) is 6.19. The summed E-state index contributed by atoms with van der Waals surface area (Å²) in [7, 11) is 1.94. The molecule has 0 aromatic carbocycles. The first kappa shape index (κ1) is 10.3. The number of alkyl halides is 1. The largest absolute Gasteiger partial charge is 0.272 e. The van der Waals surface area contributed by atoms with Crippen molar-refractivity contribution in [2.45, 2.75) is 20.3 Å². The standard InChI is InChI=1S/C10H15ClN2/c1-4-9(6-11)5-10-7-12-13(3)8(10)2/h5,7H,4,6H2,1-3H3. The Kier molecular flexibility index (Phi) is 3.55. The van der Waals surface area contributed by atoms with Gasteiger partial charge in [0.1, 0.15) is 0 Å². The number of nitrogens with zero attached hydrogens (tertiary/aromatic N) is 2. The summed E-state index contributed by atoms with van der Waals surface area (Å²) in [5.74, 6) is 0.602. The van der Waals surface area contributed by atoms with Crippen LogP contribution in [0.5, 0.6) is 0 Å². The van der Waals surface area contributed by atoms with E-state index >= 15 is 0 Å². The summed E-state index contributed by atoms with van der Waals surface area (Å²) < 4.78 is 1.87. The van der Waals surface area contributed by atoms with Crippen LogP contribution in [0.15, 0.2) is 11.8 Å². The van der Waals surface area contributed by atoms with Crippen LogP contribution < -0.4 is 0 Å². The highest BCUT2D eigenvalue weighted by molar-refractivity contribution is 6.19. The van der Waals surface area contributed by atoms with Gasteiger partial charge in [0.05, 0.1) is 6.20 Å². The molecule has 1 heterocycles. The fraction of sp³-hybridized carbons (Fsp3) is 0.500. The lowest BCUT2D eigenvalue weighted by Crippen LogP contribution is -1.92. The van der Waals surface area contributed by atoms with E-state index in [1.807, 2.05) is 17.9 Å². The molecular formula is C10H15ClN2. The number of rotatable bonds is 3. The van der Waals surface area contributed by atoms with E-state index in [1.54, 1.807) is 0 Å². The summed E-state index contributed by atoms with van der Waals surface area (Å²) in [6, 6.07) is 0. The highest BCUT2D eigenvalue weighted by Gasteiger charge is 2.01. The Morgan fingerprint density at radius 2 is 2.38 bits per heavy atom. The van der Waals surface area contributed by atoms with E-state index in [9.17, 15) is 0 Å². The zero-order valence-corrected chi connectivity index (χ0v) is 9.10. The summed E-state index contributed by atoms with van der Waals surface area (Å²) in [6.07, 6.45) is 4.99. The van der Waals surface area contributed by atoms with Crippen LogP contribution in [-0.4, -0.2) is 15.7 Å². The predicted octanol–water partition coefficient (Wildman–Crippen LogP) is 2.76. The van der Waals surface area contributed by atoms with Gasteiger partial charge in [0.25, 0.3) is 0 Å². The number of aromatic nitrogens is 2. The maximum absolute atomic E-state index is 5.78. The molecule has 0 N–H and O–H groups in total. The molecule has 0 aliphatic carbocycles. The lowest BCUT2D eigenvalue weighted by molar-refractivity contribution is 0.740. The fourth-order valence-electron chi connectivity index (χ4n) is 1.11.